The number of aromatic nitrogens is 3. The zero-order valence-corrected chi connectivity index (χ0v) is 12.1. The van der Waals surface area contributed by atoms with Gasteiger partial charge in [-0.1, -0.05) is 15.9 Å². The summed E-state index contributed by atoms with van der Waals surface area (Å²) in [6.45, 7) is 0. The van der Waals surface area contributed by atoms with Crippen molar-refractivity contribution in [2.45, 2.75) is 25.0 Å². The van der Waals surface area contributed by atoms with Crippen molar-refractivity contribution in [2.75, 3.05) is 0 Å². The van der Waals surface area contributed by atoms with Crippen molar-refractivity contribution in [2.24, 2.45) is 0 Å². The van der Waals surface area contributed by atoms with Gasteiger partial charge in [-0.25, -0.2) is 4.79 Å². The van der Waals surface area contributed by atoms with Gasteiger partial charge in [-0.05, 0) is 31.0 Å². The molecule has 4 rings (SSSR count). The van der Waals surface area contributed by atoms with E-state index in [-0.39, 0.29) is 17.8 Å². The summed E-state index contributed by atoms with van der Waals surface area (Å²) < 4.78 is 2.71. The fourth-order valence-electron chi connectivity index (χ4n) is 2.90. The number of aliphatic hydroxyl groups is 1. The van der Waals surface area contributed by atoms with Crippen LogP contribution in [0.25, 0.3) is 21.9 Å². The highest BCUT2D eigenvalue weighted by Crippen LogP contribution is 2.35. The molecule has 0 atom stereocenters. The molecule has 0 aliphatic heterocycles. The maximum absolute atomic E-state index is 12.2. The van der Waals surface area contributed by atoms with Crippen LogP contribution >= 0.6 is 15.9 Å². The highest BCUT2D eigenvalue weighted by Gasteiger charge is 2.31. The van der Waals surface area contributed by atoms with Gasteiger partial charge in [0.1, 0.15) is 0 Å². The van der Waals surface area contributed by atoms with E-state index in [9.17, 15) is 9.90 Å². The van der Waals surface area contributed by atoms with Crippen LogP contribution in [0.2, 0.25) is 0 Å². The Morgan fingerprint density at radius 2 is 2.20 bits per heavy atom. The summed E-state index contributed by atoms with van der Waals surface area (Å²) in [7, 11) is 0. The molecule has 0 bridgehead atoms. The predicted octanol–water partition coefficient (Wildman–Crippen LogP) is 2.34. The Kier molecular flexibility index (Phi) is 2.52. The fourth-order valence-corrected chi connectivity index (χ4v) is 3.26. The number of halogens is 1. The second-order valence-corrected chi connectivity index (χ2v) is 6.18. The van der Waals surface area contributed by atoms with Gasteiger partial charge >= 0.3 is 5.69 Å². The number of benzene rings is 1. The quantitative estimate of drug-likeness (QED) is 0.718. The van der Waals surface area contributed by atoms with E-state index in [0.29, 0.717) is 12.8 Å². The monoisotopic (exact) mass is 333 g/mol. The largest absolute Gasteiger partial charge is 0.393 e. The number of hydrogen-bond donors (Lipinski definition) is 2. The van der Waals surface area contributed by atoms with Crippen LogP contribution < -0.4 is 5.69 Å². The van der Waals surface area contributed by atoms with Crippen LogP contribution in [-0.2, 0) is 0 Å². The standard InChI is InChI=1S/C14H12BrN3O2/c15-7-1-2-11-10(3-7)13-12(6-16-11)17-14(20)18(13)8-4-9(19)5-8/h1-3,6,8-9,19H,4-5H2,(H,17,20)/t8-,9-. The minimum absolute atomic E-state index is 0.0656. The molecule has 102 valence electrons. The summed E-state index contributed by atoms with van der Waals surface area (Å²) >= 11 is 3.46. The first kappa shape index (κ1) is 12.1. The Morgan fingerprint density at radius 1 is 1.40 bits per heavy atom. The normalized spacial score (nSPS) is 22.3. The van der Waals surface area contributed by atoms with E-state index in [2.05, 4.69) is 25.9 Å². The number of nitrogens with zero attached hydrogens (tertiary/aromatic N) is 2. The first-order chi connectivity index (χ1) is 9.63. The van der Waals surface area contributed by atoms with E-state index >= 15 is 0 Å². The van der Waals surface area contributed by atoms with E-state index in [1.165, 1.54) is 0 Å². The molecule has 1 saturated carbocycles. The molecule has 0 radical (unpaired) electrons. The van der Waals surface area contributed by atoms with Crippen LogP contribution in [-0.4, -0.2) is 25.7 Å². The molecule has 1 aromatic carbocycles. The molecule has 0 amide bonds. The highest BCUT2D eigenvalue weighted by atomic mass is 79.9. The third-order valence-corrected chi connectivity index (χ3v) is 4.45. The van der Waals surface area contributed by atoms with Crippen molar-refractivity contribution in [1.82, 2.24) is 14.5 Å². The van der Waals surface area contributed by atoms with Crippen molar-refractivity contribution in [3.8, 4) is 0 Å². The lowest BCUT2D eigenvalue weighted by Crippen LogP contribution is -2.35. The van der Waals surface area contributed by atoms with Gasteiger partial charge in [-0.3, -0.25) is 9.55 Å². The summed E-state index contributed by atoms with van der Waals surface area (Å²) in [5, 5.41) is 10.4. The molecule has 20 heavy (non-hydrogen) atoms. The van der Waals surface area contributed by atoms with Gasteiger partial charge in [0.05, 0.1) is 28.9 Å². The minimum atomic E-state index is -0.295. The van der Waals surface area contributed by atoms with Crippen molar-refractivity contribution >= 4 is 37.9 Å². The van der Waals surface area contributed by atoms with E-state index in [4.69, 9.17) is 0 Å². The third kappa shape index (κ3) is 1.65. The van der Waals surface area contributed by atoms with E-state index in [1.54, 1.807) is 10.8 Å². The summed E-state index contributed by atoms with van der Waals surface area (Å²) in [6.07, 6.45) is 2.66. The predicted molar refractivity (Wildman–Crippen MR) is 79.8 cm³/mol. The number of aromatic amines is 1. The number of fused-ring (bicyclic) bond motifs is 3. The number of hydrogen-bond acceptors (Lipinski definition) is 3. The van der Waals surface area contributed by atoms with E-state index in [1.807, 2.05) is 18.2 Å². The zero-order valence-electron chi connectivity index (χ0n) is 10.5. The molecule has 0 unspecified atom stereocenters. The molecular weight excluding hydrogens is 322 g/mol. The molecule has 1 fully saturated rings. The Bertz CT molecular complexity index is 877. The van der Waals surface area contributed by atoms with Crippen molar-refractivity contribution in [3.63, 3.8) is 0 Å². The average molecular weight is 334 g/mol. The third-order valence-electron chi connectivity index (χ3n) is 3.96. The molecule has 1 aliphatic carbocycles. The Morgan fingerprint density at radius 3 is 2.95 bits per heavy atom. The lowest BCUT2D eigenvalue weighted by atomic mass is 9.89. The Balaban J connectivity index is 2.09. The highest BCUT2D eigenvalue weighted by molar-refractivity contribution is 9.10. The smallest absolute Gasteiger partial charge is 0.326 e. The average Bonchev–Trinajstić information content (AvgIpc) is 2.71. The van der Waals surface area contributed by atoms with Crippen LogP contribution in [0, 0.1) is 0 Å². The maximum Gasteiger partial charge on any atom is 0.326 e. The molecule has 5 nitrogen and oxygen atoms in total. The molecule has 6 heteroatoms. The SMILES string of the molecule is O=c1[nH]c2cnc3ccc(Br)cc3c2n1[C@H]1C[C@H](O)C1. The molecule has 2 aromatic heterocycles. The van der Waals surface area contributed by atoms with Crippen molar-refractivity contribution < 1.29 is 5.11 Å². The number of nitrogens with one attached hydrogen (secondary N) is 1. The van der Waals surface area contributed by atoms with Gasteiger partial charge in [0.2, 0.25) is 0 Å². The summed E-state index contributed by atoms with van der Waals surface area (Å²) in [6, 6.07) is 5.90. The number of pyridine rings is 1. The second-order valence-electron chi connectivity index (χ2n) is 5.26. The van der Waals surface area contributed by atoms with Crippen LogP contribution in [0.15, 0.2) is 33.7 Å². The molecule has 2 heterocycles. The molecule has 3 aromatic rings. The number of rotatable bonds is 1. The molecule has 0 spiro atoms. The van der Waals surface area contributed by atoms with Gasteiger partial charge in [0.15, 0.2) is 0 Å². The summed E-state index contributed by atoms with van der Waals surface area (Å²) in [5.74, 6) is 0. The van der Waals surface area contributed by atoms with Crippen molar-refractivity contribution in [3.05, 3.63) is 39.4 Å². The van der Waals surface area contributed by atoms with Gasteiger partial charge in [-0.15, -0.1) is 0 Å². The van der Waals surface area contributed by atoms with E-state index < -0.39 is 0 Å². The van der Waals surface area contributed by atoms with Crippen LogP contribution in [0.1, 0.15) is 18.9 Å². The lowest BCUT2D eigenvalue weighted by molar-refractivity contribution is 0.0490. The Labute approximate surface area is 122 Å². The van der Waals surface area contributed by atoms with Gasteiger partial charge < -0.3 is 10.1 Å². The van der Waals surface area contributed by atoms with Crippen molar-refractivity contribution in [1.29, 1.82) is 0 Å². The Hall–Kier alpha value is -1.66. The first-order valence-corrected chi connectivity index (χ1v) is 7.29. The molecule has 1 aliphatic rings. The topological polar surface area (TPSA) is 70.9 Å². The lowest BCUT2D eigenvalue weighted by Gasteiger charge is -2.32. The van der Waals surface area contributed by atoms with Gasteiger partial charge in [0.25, 0.3) is 0 Å². The molecule has 2 N–H and O–H groups in total. The van der Waals surface area contributed by atoms with E-state index in [0.717, 1.165) is 26.4 Å². The first-order valence-electron chi connectivity index (χ1n) is 6.50. The minimum Gasteiger partial charge on any atom is -0.393 e. The van der Waals surface area contributed by atoms with Crippen LogP contribution in [0.5, 0.6) is 0 Å². The number of imidazole rings is 1. The maximum atomic E-state index is 12.2. The molecule has 0 saturated heterocycles. The summed E-state index contributed by atoms with van der Waals surface area (Å²) in [5.41, 5.74) is 2.33. The zero-order chi connectivity index (χ0) is 13.9. The number of aliphatic hydroxyl groups excluding tert-OH is 1. The van der Waals surface area contributed by atoms with Gasteiger partial charge in [0, 0.05) is 15.9 Å². The van der Waals surface area contributed by atoms with Gasteiger partial charge in [-0.2, -0.15) is 0 Å². The summed E-state index contributed by atoms with van der Waals surface area (Å²) in [4.78, 5) is 19.4. The molecular formula is C14H12BrN3O2. The van der Waals surface area contributed by atoms with Crippen LogP contribution in [0.4, 0.5) is 0 Å². The fraction of sp³-hybridized carbons (Fsp3) is 0.286. The second kappa shape index (κ2) is 4.17. The number of H-pyrrole nitrogens is 1. The van der Waals surface area contributed by atoms with Crippen LogP contribution in [0.3, 0.4) is 0 Å².